The van der Waals surface area contributed by atoms with Gasteiger partial charge in [0.05, 0.1) is 34.4 Å². The molecule has 7 nitrogen and oxygen atoms in total. The number of thiazole rings is 1. The summed E-state index contributed by atoms with van der Waals surface area (Å²) >= 11 is 15.1. The average molecular weight is 481 g/mol. The van der Waals surface area contributed by atoms with Gasteiger partial charge in [-0.1, -0.05) is 35.0 Å². The minimum atomic E-state index is -0.427. The smallest absolute Gasteiger partial charge is 0.357 e. The third-order valence-electron chi connectivity index (χ3n) is 3.90. The van der Waals surface area contributed by atoms with Crippen molar-refractivity contribution >= 4 is 52.3 Å². The van der Waals surface area contributed by atoms with E-state index in [9.17, 15) is 4.79 Å². The van der Waals surface area contributed by atoms with Crippen molar-refractivity contribution in [2.45, 2.75) is 17.8 Å². The number of rotatable bonds is 7. The first-order chi connectivity index (χ1) is 14.6. The Morgan fingerprint density at radius 3 is 2.87 bits per heavy atom. The van der Waals surface area contributed by atoms with Crippen LogP contribution in [0.2, 0.25) is 10.0 Å². The van der Waals surface area contributed by atoms with Gasteiger partial charge in [-0.25, -0.2) is 9.78 Å². The van der Waals surface area contributed by atoms with Crippen molar-refractivity contribution in [1.82, 2.24) is 19.7 Å². The Morgan fingerprint density at radius 1 is 1.27 bits per heavy atom. The molecule has 3 heterocycles. The van der Waals surface area contributed by atoms with Gasteiger partial charge in [0.1, 0.15) is 5.01 Å². The van der Waals surface area contributed by atoms with Crippen molar-refractivity contribution < 1.29 is 13.9 Å². The summed E-state index contributed by atoms with van der Waals surface area (Å²) in [6.45, 7) is 2.07. The maximum absolute atomic E-state index is 11.8. The molecule has 0 spiro atoms. The van der Waals surface area contributed by atoms with Crippen molar-refractivity contribution in [3.05, 3.63) is 62.7 Å². The van der Waals surface area contributed by atoms with Gasteiger partial charge in [0.2, 0.25) is 5.82 Å². The lowest BCUT2D eigenvalue weighted by molar-refractivity contribution is 0.0520. The SMILES string of the molecule is CCOC(=O)c1csc(CSc2nnc(-c3ccco3)n2-c2ccc(Cl)c(Cl)c2)n1. The number of ether oxygens (including phenoxy) is 1. The molecule has 0 bridgehead atoms. The summed E-state index contributed by atoms with van der Waals surface area (Å²) in [7, 11) is 0. The fourth-order valence-electron chi connectivity index (χ4n) is 2.59. The number of carbonyl (C=O) groups is 1. The van der Waals surface area contributed by atoms with E-state index in [-0.39, 0.29) is 0 Å². The highest BCUT2D eigenvalue weighted by Gasteiger charge is 2.20. The largest absolute Gasteiger partial charge is 0.461 e. The van der Waals surface area contributed by atoms with E-state index in [1.165, 1.54) is 23.1 Å². The number of carbonyl (C=O) groups excluding carboxylic acids is 1. The summed E-state index contributed by atoms with van der Waals surface area (Å²) in [5, 5.41) is 12.5. The summed E-state index contributed by atoms with van der Waals surface area (Å²) in [4.78, 5) is 16.2. The van der Waals surface area contributed by atoms with Crippen LogP contribution in [0.4, 0.5) is 0 Å². The molecule has 0 radical (unpaired) electrons. The van der Waals surface area contributed by atoms with Gasteiger partial charge in [-0.05, 0) is 37.3 Å². The van der Waals surface area contributed by atoms with Crippen LogP contribution in [0.1, 0.15) is 22.4 Å². The lowest BCUT2D eigenvalue weighted by atomic mass is 10.3. The van der Waals surface area contributed by atoms with E-state index >= 15 is 0 Å². The number of esters is 1. The minimum absolute atomic E-state index is 0.305. The van der Waals surface area contributed by atoms with Crippen LogP contribution < -0.4 is 0 Å². The lowest BCUT2D eigenvalue weighted by Gasteiger charge is -2.10. The highest BCUT2D eigenvalue weighted by molar-refractivity contribution is 7.98. The number of nitrogens with zero attached hydrogens (tertiary/aromatic N) is 4. The summed E-state index contributed by atoms with van der Waals surface area (Å²) in [6, 6.07) is 8.87. The lowest BCUT2D eigenvalue weighted by Crippen LogP contribution is -2.05. The first-order valence-corrected chi connectivity index (χ1v) is 11.4. The molecule has 1 aromatic carbocycles. The highest BCUT2D eigenvalue weighted by atomic mass is 35.5. The van der Waals surface area contributed by atoms with Crippen LogP contribution in [-0.4, -0.2) is 32.3 Å². The molecule has 0 aliphatic rings. The topological polar surface area (TPSA) is 83.0 Å². The zero-order valence-electron chi connectivity index (χ0n) is 15.5. The normalized spacial score (nSPS) is 11.0. The zero-order valence-corrected chi connectivity index (χ0v) is 18.7. The second kappa shape index (κ2) is 9.22. The van der Waals surface area contributed by atoms with Gasteiger partial charge in [-0.2, -0.15) is 0 Å². The van der Waals surface area contributed by atoms with Gasteiger partial charge in [0, 0.05) is 5.38 Å². The van der Waals surface area contributed by atoms with Crippen LogP contribution >= 0.6 is 46.3 Å². The van der Waals surface area contributed by atoms with Gasteiger partial charge in [-0.15, -0.1) is 21.5 Å². The van der Waals surface area contributed by atoms with Gasteiger partial charge in [0.15, 0.2) is 16.6 Å². The van der Waals surface area contributed by atoms with E-state index in [2.05, 4.69) is 15.2 Å². The second-order valence-electron chi connectivity index (χ2n) is 5.85. The number of halogens is 2. The molecule has 0 saturated carbocycles. The molecule has 0 N–H and O–H groups in total. The highest BCUT2D eigenvalue weighted by Crippen LogP contribution is 2.33. The number of hydrogen-bond acceptors (Lipinski definition) is 8. The Hall–Kier alpha value is -2.33. The number of thioether (sulfide) groups is 1. The fourth-order valence-corrected chi connectivity index (χ4v) is 4.61. The molecule has 0 amide bonds. The first kappa shape index (κ1) is 20.9. The molecular weight excluding hydrogens is 467 g/mol. The Bertz CT molecular complexity index is 1170. The maximum Gasteiger partial charge on any atom is 0.357 e. The van der Waals surface area contributed by atoms with Crippen LogP contribution in [-0.2, 0) is 10.5 Å². The average Bonchev–Trinajstić information content (AvgIpc) is 3.48. The number of benzene rings is 1. The van der Waals surface area contributed by atoms with E-state index in [0.717, 1.165) is 10.7 Å². The molecule has 0 aliphatic carbocycles. The van der Waals surface area contributed by atoms with E-state index in [4.69, 9.17) is 32.4 Å². The maximum atomic E-state index is 11.8. The van der Waals surface area contributed by atoms with Crippen LogP contribution in [0.15, 0.2) is 51.5 Å². The van der Waals surface area contributed by atoms with E-state index in [0.29, 0.717) is 44.8 Å². The van der Waals surface area contributed by atoms with E-state index < -0.39 is 5.97 Å². The molecule has 154 valence electrons. The van der Waals surface area contributed by atoms with Crippen LogP contribution in [0.3, 0.4) is 0 Å². The quantitative estimate of drug-likeness (QED) is 0.245. The Kier molecular flexibility index (Phi) is 6.43. The Labute approximate surface area is 190 Å². The first-order valence-electron chi connectivity index (χ1n) is 8.76. The minimum Gasteiger partial charge on any atom is -0.461 e. The molecule has 4 rings (SSSR count). The molecule has 0 unspecified atom stereocenters. The predicted molar refractivity (Wildman–Crippen MR) is 117 cm³/mol. The molecule has 0 saturated heterocycles. The summed E-state index contributed by atoms with van der Waals surface area (Å²) < 4.78 is 12.3. The number of aromatic nitrogens is 4. The van der Waals surface area contributed by atoms with Gasteiger partial charge in [0.25, 0.3) is 0 Å². The zero-order chi connectivity index (χ0) is 21.1. The molecule has 30 heavy (non-hydrogen) atoms. The Balaban J connectivity index is 1.64. The van der Waals surface area contributed by atoms with Crippen molar-refractivity contribution in [3.8, 4) is 17.3 Å². The van der Waals surface area contributed by atoms with Gasteiger partial charge < -0.3 is 9.15 Å². The molecule has 11 heteroatoms. The Morgan fingerprint density at radius 2 is 2.13 bits per heavy atom. The van der Waals surface area contributed by atoms with Crippen LogP contribution in [0, 0.1) is 0 Å². The van der Waals surface area contributed by atoms with E-state index in [1.54, 1.807) is 42.8 Å². The molecule has 4 aromatic rings. The predicted octanol–water partition coefficient (Wildman–Crippen LogP) is 5.76. The summed E-state index contributed by atoms with van der Waals surface area (Å²) in [5.74, 6) is 1.18. The monoisotopic (exact) mass is 480 g/mol. The summed E-state index contributed by atoms with van der Waals surface area (Å²) in [5.41, 5.74) is 1.05. The van der Waals surface area contributed by atoms with Gasteiger partial charge >= 0.3 is 5.97 Å². The third-order valence-corrected chi connectivity index (χ3v) is 6.61. The molecular formula is C19H14Cl2N4O3S2. The van der Waals surface area contributed by atoms with Gasteiger partial charge in [-0.3, -0.25) is 4.57 Å². The molecule has 3 aromatic heterocycles. The molecule has 0 fully saturated rings. The van der Waals surface area contributed by atoms with Crippen molar-refractivity contribution in [2.24, 2.45) is 0 Å². The third kappa shape index (κ3) is 4.39. The van der Waals surface area contributed by atoms with Crippen molar-refractivity contribution in [3.63, 3.8) is 0 Å². The number of furan rings is 1. The fraction of sp³-hybridized carbons (Fsp3) is 0.158. The molecule has 0 atom stereocenters. The van der Waals surface area contributed by atoms with Crippen LogP contribution in [0.5, 0.6) is 0 Å². The van der Waals surface area contributed by atoms with Crippen molar-refractivity contribution in [1.29, 1.82) is 0 Å². The van der Waals surface area contributed by atoms with Crippen molar-refractivity contribution in [2.75, 3.05) is 6.61 Å². The van der Waals surface area contributed by atoms with E-state index in [1.807, 2.05) is 10.6 Å². The second-order valence-corrected chi connectivity index (χ2v) is 8.55. The van der Waals surface area contributed by atoms with Crippen LogP contribution in [0.25, 0.3) is 17.3 Å². The number of hydrogen-bond donors (Lipinski definition) is 0. The summed E-state index contributed by atoms with van der Waals surface area (Å²) in [6.07, 6.45) is 1.57. The standard InChI is InChI=1S/C19H14Cl2N4O3S2/c1-2-27-18(26)14-9-29-16(22-14)10-30-19-24-23-17(15-4-3-7-28-15)25(19)11-5-6-12(20)13(21)8-11/h3-9H,2,10H2,1H3. The molecule has 0 aliphatic heterocycles.